The molecule has 3 aromatic rings. The normalized spacial score (nSPS) is 13.8. The van der Waals surface area contributed by atoms with Crippen LogP contribution in [0.3, 0.4) is 0 Å². The molecule has 166 valence electrons. The molecule has 0 spiro atoms. The molecule has 0 radical (unpaired) electrons. The molecule has 0 saturated carbocycles. The van der Waals surface area contributed by atoms with E-state index in [4.69, 9.17) is 0 Å². The molecule has 32 heavy (non-hydrogen) atoms. The van der Waals surface area contributed by atoms with Crippen LogP contribution in [0, 0.1) is 20.8 Å². The average Bonchev–Trinajstić information content (AvgIpc) is 2.77. The minimum Gasteiger partial charge on any atom is -0.353 e. The summed E-state index contributed by atoms with van der Waals surface area (Å²) in [5.41, 5.74) is 2.60. The van der Waals surface area contributed by atoms with Crippen molar-refractivity contribution in [3.63, 3.8) is 0 Å². The van der Waals surface area contributed by atoms with E-state index in [9.17, 15) is 9.59 Å². The van der Waals surface area contributed by atoms with Crippen molar-refractivity contribution in [1.29, 1.82) is 0 Å². The first-order chi connectivity index (χ1) is 15.4. The van der Waals surface area contributed by atoms with E-state index < -0.39 is 0 Å². The number of benzene rings is 1. The maximum absolute atomic E-state index is 12.7. The van der Waals surface area contributed by atoms with Gasteiger partial charge in [0.25, 0.3) is 5.56 Å². The Morgan fingerprint density at radius 3 is 2.41 bits per heavy atom. The van der Waals surface area contributed by atoms with E-state index in [1.807, 2.05) is 37.3 Å². The van der Waals surface area contributed by atoms with Gasteiger partial charge in [0.15, 0.2) is 0 Å². The molecule has 1 fully saturated rings. The van der Waals surface area contributed by atoms with Crippen molar-refractivity contribution in [2.75, 3.05) is 36.4 Å². The number of nitrogens with one attached hydrogen (secondary N) is 1. The van der Waals surface area contributed by atoms with E-state index in [0.717, 1.165) is 17.3 Å². The Morgan fingerprint density at radius 2 is 1.72 bits per heavy atom. The molecule has 0 unspecified atom stereocenters. The molecule has 0 aliphatic carbocycles. The summed E-state index contributed by atoms with van der Waals surface area (Å²) in [6.07, 6.45) is 1.43. The lowest BCUT2D eigenvalue weighted by molar-refractivity contribution is -0.132. The van der Waals surface area contributed by atoms with Crippen molar-refractivity contribution >= 4 is 23.2 Å². The average molecular weight is 434 g/mol. The molecule has 1 aliphatic rings. The van der Waals surface area contributed by atoms with Gasteiger partial charge in [0, 0.05) is 49.7 Å². The van der Waals surface area contributed by atoms with Crippen molar-refractivity contribution in [2.24, 2.45) is 0 Å². The van der Waals surface area contributed by atoms with Crippen LogP contribution in [0.25, 0.3) is 0 Å². The molecule has 1 aromatic carbocycles. The molecule has 1 aliphatic heterocycles. The monoisotopic (exact) mass is 433 g/mol. The Balaban J connectivity index is 1.39. The van der Waals surface area contributed by atoms with Gasteiger partial charge in [0.2, 0.25) is 5.91 Å². The maximum atomic E-state index is 12.7. The summed E-state index contributed by atoms with van der Waals surface area (Å²) >= 11 is 0. The van der Waals surface area contributed by atoms with Gasteiger partial charge in [-0.3, -0.25) is 14.2 Å². The summed E-state index contributed by atoms with van der Waals surface area (Å²) < 4.78 is 1.35. The van der Waals surface area contributed by atoms with Crippen LogP contribution < -0.4 is 15.8 Å². The molecular weight excluding hydrogens is 406 g/mol. The molecule has 9 heteroatoms. The standard InChI is InChI=1S/C23H27N7O2/c1-16-4-6-19(7-5-16)27-20-13-21(26-18(3)25-20)28-8-10-29(11-9-28)23(32)14-30-15-24-17(2)12-22(30)31/h4-7,12-13,15H,8-11,14H2,1-3H3,(H,25,26,27). The van der Waals surface area contributed by atoms with Crippen LogP contribution in [0.4, 0.5) is 17.3 Å². The highest BCUT2D eigenvalue weighted by atomic mass is 16.2. The molecule has 9 nitrogen and oxygen atoms in total. The SMILES string of the molecule is Cc1ccc(Nc2cc(N3CCN(C(=O)Cn4cnc(C)cc4=O)CC3)nc(C)n2)cc1. The Bertz CT molecular complexity index is 1170. The fourth-order valence-corrected chi connectivity index (χ4v) is 3.63. The Labute approximate surface area is 186 Å². The second kappa shape index (κ2) is 9.17. The van der Waals surface area contributed by atoms with E-state index >= 15 is 0 Å². The van der Waals surface area contributed by atoms with Crippen molar-refractivity contribution in [3.8, 4) is 0 Å². The number of rotatable bonds is 5. The Hall–Kier alpha value is -3.75. The highest BCUT2D eigenvalue weighted by Gasteiger charge is 2.23. The van der Waals surface area contributed by atoms with Crippen molar-refractivity contribution < 1.29 is 4.79 Å². The van der Waals surface area contributed by atoms with E-state index in [2.05, 4.69) is 32.1 Å². The van der Waals surface area contributed by atoms with Gasteiger partial charge in [-0.2, -0.15) is 0 Å². The van der Waals surface area contributed by atoms with Gasteiger partial charge in [-0.05, 0) is 32.9 Å². The number of hydrogen-bond acceptors (Lipinski definition) is 7. The largest absolute Gasteiger partial charge is 0.353 e. The number of piperazine rings is 1. The van der Waals surface area contributed by atoms with Gasteiger partial charge >= 0.3 is 0 Å². The van der Waals surface area contributed by atoms with Gasteiger partial charge in [0.05, 0.1) is 6.33 Å². The summed E-state index contributed by atoms with van der Waals surface area (Å²) in [5, 5.41) is 3.33. The number of aromatic nitrogens is 4. The van der Waals surface area contributed by atoms with Gasteiger partial charge in [0.1, 0.15) is 24.0 Å². The minimum atomic E-state index is -0.213. The molecular formula is C23H27N7O2. The molecule has 1 saturated heterocycles. The fraction of sp³-hybridized carbons (Fsp3) is 0.348. The van der Waals surface area contributed by atoms with Gasteiger partial charge in [-0.1, -0.05) is 17.7 Å². The van der Waals surface area contributed by atoms with E-state index in [1.54, 1.807) is 11.8 Å². The van der Waals surface area contributed by atoms with Crippen molar-refractivity contribution in [2.45, 2.75) is 27.3 Å². The Morgan fingerprint density at radius 1 is 1.00 bits per heavy atom. The van der Waals surface area contributed by atoms with Gasteiger partial charge < -0.3 is 15.1 Å². The predicted octanol–water partition coefficient (Wildman–Crippen LogP) is 2.05. The summed E-state index contributed by atoms with van der Waals surface area (Å²) in [6.45, 7) is 8.13. The molecule has 0 bridgehead atoms. The summed E-state index contributed by atoms with van der Waals surface area (Å²) in [6, 6.07) is 11.5. The number of carbonyl (C=O) groups excluding carboxylic acids is 1. The summed E-state index contributed by atoms with van der Waals surface area (Å²) in [4.78, 5) is 41.8. The number of amides is 1. The highest BCUT2D eigenvalue weighted by Crippen LogP contribution is 2.21. The fourth-order valence-electron chi connectivity index (χ4n) is 3.63. The number of nitrogens with zero attached hydrogens (tertiary/aromatic N) is 6. The lowest BCUT2D eigenvalue weighted by Gasteiger charge is -2.35. The van der Waals surface area contributed by atoms with E-state index in [1.165, 1.54) is 22.5 Å². The number of anilines is 3. The first-order valence-electron chi connectivity index (χ1n) is 10.6. The highest BCUT2D eigenvalue weighted by molar-refractivity contribution is 5.76. The maximum Gasteiger partial charge on any atom is 0.253 e. The molecule has 3 heterocycles. The molecule has 1 amide bonds. The second-order valence-electron chi connectivity index (χ2n) is 8.01. The lowest BCUT2D eigenvalue weighted by atomic mass is 10.2. The number of hydrogen-bond donors (Lipinski definition) is 1. The third-order valence-electron chi connectivity index (χ3n) is 5.43. The first kappa shape index (κ1) is 21.5. The molecule has 2 aromatic heterocycles. The van der Waals surface area contributed by atoms with Crippen LogP contribution in [0.5, 0.6) is 0 Å². The lowest BCUT2D eigenvalue weighted by Crippen LogP contribution is -2.50. The van der Waals surface area contributed by atoms with Gasteiger partial charge in [-0.15, -0.1) is 0 Å². The quantitative estimate of drug-likeness (QED) is 0.658. The molecule has 1 N–H and O–H groups in total. The Kier molecular flexibility index (Phi) is 6.16. The minimum absolute atomic E-state index is 0.00332. The number of aryl methyl sites for hydroxylation is 3. The molecule has 0 atom stereocenters. The zero-order chi connectivity index (χ0) is 22.7. The predicted molar refractivity (Wildman–Crippen MR) is 123 cm³/mol. The van der Waals surface area contributed by atoms with Crippen LogP contribution in [0.1, 0.15) is 17.1 Å². The zero-order valence-electron chi connectivity index (χ0n) is 18.6. The van der Waals surface area contributed by atoms with Crippen LogP contribution in [-0.2, 0) is 11.3 Å². The van der Waals surface area contributed by atoms with Crippen LogP contribution >= 0.6 is 0 Å². The third-order valence-corrected chi connectivity index (χ3v) is 5.43. The third kappa shape index (κ3) is 5.11. The van der Waals surface area contributed by atoms with Gasteiger partial charge in [-0.25, -0.2) is 15.0 Å². The molecule has 4 rings (SSSR count). The topological polar surface area (TPSA) is 96.2 Å². The zero-order valence-corrected chi connectivity index (χ0v) is 18.6. The van der Waals surface area contributed by atoms with E-state index in [0.29, 0.717) is 37.7 Å². The van der Waals surface area contributed by atoms with E-state index in [-0.39, 0.29) is 18.0 Å². The van der Waals surface area contributed by atoms with Crippen molar-refractivity contribution in [3.05, 3.63) is 70.2 Å². The van der Waals surface area contributed by atoms with Crippen LogP contribution in [0.15, 0.2) is 47.5 Å². The second-order valence-corrected chi connectivity index (χ2v) is 8.01. The first-order valence-corrected chi connectivity index (χ1v) is 10.6. The van der Waals surface area contributed by atoms with Crippen LogP contribution in [-0.4, -0.2) is 56.5 Å². The van der Waals surface area contributed by atoms with Crippen LogP contribution in [0.2, 0.25) is 0 Å². The number of carbonyl (C=O) groups is 1. The summed E-state index contributed by atoms with van der Waals surface area (Å²) in [7, 11) is 0. The smallest absolute Gasteiger partial charge is 0.253 e. The van der Waals surface area contributed by atoms with Crippen molar-refractivity contribution in [1.82, 2.24) is 24.4 Å². The summed E-state index contributed by atoms with van der Waals surface area (Å²) in [5.74, 6) is 2.17.